The summed E-state index contributed by atoms with van der Waals surface area (Å²) >= 11 is 5.26. The third kappa shape index (κ3) is 0.967. The summed E-state index contributed by atoms with van der Waals surface area (Å²) in [4.78, 5) is 10.8. The molecule has 0 saturated carbocycles. The summed E-state index contributed by atoms with van der Waals surface area (Å²) in [5, 5.41) is 6.77. The van der Waals surface area contributed by atoms with E-state index < -0.39 is 5.24 Å². The lowest BCUT2D eigenvalue weighted by Gasteiger charge is -1.91. The maximum atomic E-state index is 10.8. The molecule has 0 aromatic carbocycles. The first-order valence-corrected chi connectivity index (χ1v) is 3.66. The molecule has 0 unspecified atom stereocenters. The average molecular weight is 182 g/mol. The second-order valence-electron chi connectivity index (χ2n) is 2.23. The minimum atomic E-state index is -0.603. The van der Waals surface area contributed by atoms with E-state index in [1.54, 1.807) is 18.3 Å². The van der Waals surface area contributed by atoms with Crippen molar-refractivity contribution in [3.63, 3.8) is 0 Å². The fourth-order valence-electron chi connectivity index (χ4n) is 0.975. The topological polar surface area (TPSA) is 47.3 Å². The van der Waals surface area contributed by atoms with Crippen LogP contribution in [0.5, 0.6) is 0 Å². The van der Waals surface area contributed by atoms with Crippen molar-refractivity contribution in [1.29, 1.82) is 0 Å². The second-order valence-corrected chi connectivity index (χ2v) is 2.57. The molecule has 5 heteroatoms. The van der Waals surface area contributed by atoms with Crippen LogP contribution in [0.2, 0.25) is 0 Å². The Morgan fingerprint density at radius 3 is 3.00 bits per heavy atom. The van der Waals surface area contributed by atoms with Crippen LogP contribution in [0.15, 0.2) is 24.4 Å². The van der Waals surface area contributed by atoms with E-state index in [2.05, 4.69) is 10.2 Å². The van der Waals surface area contributed by atoms with E-state index in [0.29, 0.717) is 5.65 Å². The number of halogens is 1. The minimum Gasteiger partial charge on any atom is -0.279 e. The number of fused-ring (bicyclic) bond motifs is 1. The average Bonchev–Trinajstić information content (AvgIpc) is 2.47. The molecule has 4 nitrogen and oxygen atoms in total. The number of carbonyl (C=O) groups is 1. The van der Waals surface area contributed by atoms with Gasteiger partial charge in [-0.15, -0.1) is 10.2 Å². The molecule has 0 fully saturated rings. The molecule has 2 aromatic rings. The van der Waals surface area contributed by atoms with E-state index in [0.717, 1.165) is 0 Å². The van der Waals surface area contributed by atoms with Crippen LogP contribution < -0.4 is 0 Å². The Hall–Kier alpha value is -1.42. The third-order valence-electron chi connectivity index (χ3n) is 1.49. The zero-order valence-electron chi connectivity index (χ0n) is 5.94. The first-order valence-electron chi connectivity index (χ1n) is 3.28. The van der Waals surface area contributed by atoms with E-state index in [9.17, 15) is 4.79 Å². The molecular weight excluding hydrogens is 178 g/mol. The van der Waals surface area contributed by atoms with E-state index in [1.165, 1.54) is 4.40 Å². The smallest absolute Gasteiger partial charge is 0.279 e. The minimum absolute atomic E-state index is 0.146. The van der Waals surface area contributed by atoms with Crippen molar-refractivity contribution in [2.24, 2.45) is 0 Å². The number of carbonyl (C=O) groups excluding carboxylic acids is 1. The van der Waals surface area contributed by atoms with Gasteiger partial charge < -0.3 is 0 Å². The van der Waals surface area contributed by atoms with Crippen LogP contribution in [0.1, 0.15) is 10.6 Å². The van der Waals surface area contributed by atoms with Gasteiger partial charge in [0.15, 0.2) is 5.65 Å². The summed E-state index contributed by atoms with van der Waals surface area (Å²) in [6.45, 7) is 0. The van der Waals surface area contributed by atoms with Gasteiger partial charge in [-0.25, -0.2) is 0 Å². The van der Waals surface area contributed by atoms with Gasteiger partial charge in [-0.05, 0) is 23.7 Å². The molecule has 2 rings (SSSR count). The second kappa shape index (κ2) is 2.57. The van der Waals surface area contributed by atoms with Gasteiger partial charge in [0.2, 0.25) is 5.82 Å². The van der Waals surface area contributed by atoms with Crippen molar-refractivity contribution >= 4 is 22.5 Å². The van der Waals surface area contributed by atoms with Crippen molar-refractivity contribution < 1.29 is 4.79 Å². The van der Waals surface area contributed by atoms with Gasteiger partial charge in [0, 0.05) is 6.20 Å². The fourth-order valence-corrected chi connectivity index (χ4v) is 1.10. The molecule has 0 N–H and O–H groups in total. The number of pyridine rings is 1. The predicted molar refractivity (Wildman–Crippen MR) is 43.2 cm³/mol. The van der Waals surface area contributed by atoms with Gasteiger partial charge in [0.05, 0.1) is 0 Å². The number of nitrogens with zero attached hydrogens (tertiary/aromatic N) is 3. The maximum absolute atomic E-state index is 10.8. The third-order valence-corrected chi connectivity index (χ3v) is 1.66. The Labute approximate surface area is 72.8 Å². The van der Waals surface area contributed by atoms with Crippen LogP contribution in [0.4, 0.5) is 0 Å². The summed E-state index contributed by atoms with van der Waals surface area (Å²) in [6.07, 6.45) is 1.69. The largest absolute Gasteiger partial charge is 0.290 e. The maximum Gasteiger partial charge on any atom is 0.290 e. The molecule has 0 aliphatic carbocycles. The highest BCUT2D eigenvalue weighted by Crippen LogP contribution is 2.04. The molecule has 60 valence electrons. The highest BCUT2D eigenvalue weighted by Gasteiger charge is 2.09. The summed E-state index contributed by atoms with van der Waals surface area (Å²) in [5.41, 5.74) is 0.613. The Kier molecular flexibility index (Phi) is 1.55. The van der Waals surface area contributed by atoms with Gasteiger partial charge in [-0.1, -0.05) is 6.07 Å². The van der Waals surface area contributed by atoms with E-state index in [4.69, 9.17) is 11.6 Å². The molecular formula is C7H4ClN3O. The first kappa shape index (κ1) is 7.24. The van der Waals surface area contributed by atoms with Crippen LogP contribution in [-0.2, 0) is 0 Å². The normalized spacial score (nSPS) is 10.4. The molecule has 2 heterocycles. The Balaban J connectivity index is 2.79. The predicted octanol–water partition coefficient (Wildman–Crippen LogP) is 1.11. The zero-order valence-corrected chi connectivity index (χ0v) is 6.69. The quantitative estimate of drug-likeness (QED) is 0.620. The molecule has 2 aromatic heterocycles. The van der Waals surface area contributed by atoms with Crippen LogP contribution in [-0.4, -0.2) is 19.8 Å². The van der Waals surface area contributed by atoms with Crippen molar-refractivity contribution in [3.05, 3.63) is 30.2 Å². The molecule has 12 heavy (non-hydrogen) atoms. The molecule has 0 bridgehead atoms. The monoisotopic (exact) mass is 181 g/mol. The molecule has 0 amide bonds. The summed E-state index contributed by atoms with van der Waals surface area (Å²) in [6, 6.07) is 5.34. The van der Waals surface area contributed by atoms with Crippen LogP contribution in [0.25, 0.3) is 5.65 Å². The van der Waals surface area contributed by atoms with Crippen molar-refractivity contribution in [3.8, 4) is 0 Å². The highest BCUT2D eigenvalue weighted by atomic mass is 35.5. The van der Waals surface area contributed by atoms with Gasteiger partial charge in [0.1, 0.15) is 0 Å². The van der Waals surface area contributed by atoms with E-state index >= 15 is 0 Å². The van der Waals surface area contributed by atoms with Crippen molar-refractivity contribution in [2.75, 3.05) is 0 Å². The standard InChI is InChI=1S/C7H4ClN3O/c8-6(12)7-10-9-5-3-1-2-4-11(5)7/h1-4H. The van der Waals surface area contributed by atoms with E-state index in [1.807, 2.05) is 6.07 Å². The summed E-state index contributed by atoms with van der Waals surface area (Å²) < 4.78 is 1.54. The Bertz CT molecular complexity index is 437. The first-order chi connectivity index (χ1) is 5.79. The zero-order chi connectivity index (χ0) is 8.55. The molecule has 0 atom stereocenters. The van der Waals surface area contributed by atoms with Crippen molar-refractivity contribution in [1.82, 2.24) is 14.6 Å². The molecule has 0 spiro atoms. The number of hydrogen-bond donors (Lipinski definition) is 0. The lowest BCUT2D eigenvalue weighted by Crippen LogP contribution is -1.97. The van der Waals surface area contributed by atoms with Gasteiger partial charge in [-0.3, -0.25) is 9.20 Å². The molecule has 0 aliphatic heterocycles. The Morgan fingerprint density at radius 2 is 2.25 bits per heavy atom. The van der Waals surface area contributed by atoms with Crippen molar-refractivity contribution in [2.45, 2.75) is 0 Å². The lowest BCUT2D eigenvalue weighted by molar-refractivity contribution is 0.107. The molecule has 0 aliphatic rings. The number of hydrogen-bond acceptors (Lipinski definition) is 3. The summed E-state index contributed by atoms with van der Waals surface area (Å²) in [5.74, 6) is 0.146. The highest BCUT2D eigenvalue weighted by molar-refractivity contribution is 6.67. The van der Waals surface area contributed by atoms with E-state index in [-0.39, 0.29) is 5.82 Å². The van der Waals surface area contributed by atoms with Crippen LogP contribution in [0.3, 0.4) is 0 Å². The molecule has 0 radical (unpaired) electrons. The summed E-state index contributed by atoms with van der Waals surface area (Å²) in [7, 11) is 0. The molecule has 0 saturated heterocycles. The fraction of sp³-hybridized carbons (Fsp3) is 0. The van der Waals surface area contributed by atoms with Gasteiger partial charge >= 0.3 is 0 Å². The number of aromatic nitrogens is 3. The van der Waals surface area contributed by atoms with Gasteiger partial charge in [-0.2, -0.15) is 0 Å². The SMILES string of the molecule is O=C(Cl)c1nnc2ccccn12. The van der Waals surface area contributed by atoms with Crippen LogP contribution in [0, 0.1) is 0 Å². The Morgan fingerprint density at radius 1 is 1.42 bits per heavy atom. The lowest BCUT2D eigenvalue weighted by atomic mass is 10.5. The number of rotatable bonds is 1. The van der Waals surface area contributed by atoms with Crippen LogP contribution >= 0.6 is 11.6 Å². The van der Waals surface area contributed by atoms with Gasteiger partial charge in [0.25, 0.3) is 5.24 Å².